The third-order valence-corrected chi connectivity index (χ3v) is 4.75. The molecule has 1 aliphatic rings. The average molecular weight is 412 g/mol. The summed E-state index contributed by atoms with van der Waals surface area (Å²) in [4.78, 5) is 33.1. The van der Waals surface area contributed by atoms with E-state index in [1.807, 2.05) is 6.08 Å². The number of rotatable bonds is 5. The molecule has 2 aromatic carbocycles. The lowest BCUT2D eigenvalue weighted by molar-refractivity contribution is -0.385. The van der Waals surface area contributed by atoms with Crippen LogP contribution < -0.4 is 9.47 Å². The summed E-state index contributed by atoms with van der Waals surface area (Å²) < 4.78 is 10.4. The first kappa shape index (κ1) is 21.0. The molecule has 0 bridgehead atoms. The van der Waals surface area contributed by atoms with Crippen LogP contribution >= 0.6 is 0 Å². The lowest BCUT2D eigenvalue weighted by Crippen LogP contribution is -2.15. The SMILES string of the molecule is O=C(Oc1ccc([N+](=O)[O-])cc1)Oc1ccc([N+](=O)[O-])cc1/C1=C/CCCCCC1. The normalized spacial score (nSPS) is 15.8. The zero-order valence-electron chi connectivity index (χ0n) is 16.1. The van der Waals surface area contributed by atoms with Gasteiger partial charge in [0.25, 0.3) is 11.4 Å². The molecule has 0 saturated heterocycles. The van der Waals surface area contributed by atoms with Gasteiger partial charge in [0.05, 0.1) is 9.85 Å². The highest BCUT2D eigenvalue weighted by Crippen LogP contribution is 2.35. The number of allylic oxidation sites excluding steroid dienone is 2. The third-order valence-electron chi connectivity index (χ3n) is 4.75. The van der Waals surface area contributed by atoms with Crippen molar-refractivity contribution in [2.24, 2.45) is 0 Å². The lowest BCUT2D eigenvalue weighted by Gasteiger charge is -2.15. The van der Waals surface area contributed by atoms with E-state index < -0.39 is 16.0 Å². The molecular formula is C21H20N2O7. The first-order chi connectivity index (χ1) is 14.4. The fraction of sp³-hybridized carbons (Fsp3) is 0.286. The molecule has 0 unspecified atom stereocenters. The number of non-ortho nitro benzene ring substituents is 2. The van der Waals surface area contributed by atoms with Crippen molar-refractivity contribution in [1.29, 1.82) is 0 Å². The van der Waals surface area contributed by atoms with Gasteiger partial charge in [-0.3, -0.25) is 20.2 Å². The number of nitro groups is 2. The van der Waals surface area contributed by atoms with Crippen LogP contribution in [-0.2, 0) is 0 Å². The molecular weight excluding hydrogens is 392 g/mol. The molecule has 0 amide bonds. The number of ether oxygens (including phenoxy) is 2. The van der Waals surface area contributed by atoms with E-state index in [1.54, 1.807) is 0 Å². The number of hydrogen-bond acceptors (Lipinski definition) is 7. The molecule has 2 aromatic rings. The molecule has 0 atom stereocenters. The van der Waals surface area contributed by atoms with Crippen molar-refractivity contribution in [1.82, 2.24) is 0 Å². The molecule has 0 spiro atoms. The van der Waals surface area contributed by atoms with E-state index in [0.29, 0.717) is 5.56 Å². The first-order valence-electron chi connectivity index (χ1n) is 9.56. The summed E-state index contributed by atoms with van der Waals surface area (Å²) in [7, 11) is 0. The van der Waals surface area contributed by atoms with Crippen molar-refractivity contribution in [3.8, 4) is 11.5 Å². The predicted molar refractivity (Wildman–Crippen MR) is 109 cm³/mol. The lowest BCUT2D eigenvalue weighted by atomic mass is 9.94. The van der Waals surface area contributed by atoms with E-state index in [4.69, 9.17) is 9.47 Å². The number of carbonyl (C=O) groups excluding carboxylic acids is 1. The average Bonchev–Trinajstić information content (AvgIpc) is 2.68. The molecule has 0 fully saturated rings. The van der Waals surface area contributed by atoms with Crippen LogP contribution in [0.1, 0.15) is 44.1 Å². The Bertz CT molecular complexity index is 983. The largest absolute Gasteiger partial charge is 0.519 e. The monoisotopic (exact) mass is 412 g/mol. The Hall–Kier alpha value is -3.75. The van der Waals surface area contributed by atoms with E-state index in [1.165, 1.54) is 42.5 Å². The molecule has 0 aromatic heterocycles. The fourth-order valence-electron chi connectivity index (χ4n) is 3.25. The fourth-order valence-corrected chi connectivity index (χ4v) is 3.25. The Balaban J connectivity index is 1.82. The molecule has 30 heavy (non-hydrogen) atoms. The van der Waals surface area contributed by atoms with E-state index in [2.05, 4.69) is 0 Å². The van der Waals surface area contributed by atoms with Gasteiger partial charge in [-0.05, 0) is 49.5 Å². The van der Waals surface area contributed by atoms with Gasteiger partial charge in [0.15, 0.2) is 0 Å². The van der Waals surface area contributed by atoms with Crippen molar-refractivity contribution in [2.45, 2.75) is 38.5 Å². The minimum atomic E-state index is -1.04. The van der Waals surface area contributed by atoms with Crippen LogP contribution in [-0.4, -0.2) is 16.0 Å². The minimum Gasteiger partial charge on any atom is -0.395 e. The number of nitro benzene ring substituents is 2. The highest BCUT2D eigenvalue weighted by molar-refractivity contribution is 5.76. The number of nitrogens with zero attached hydrogens (tertiary/aromatic N) is 2. The molecule has 1 aliphatic carbocycles. The van der Waals surface area contributed by atoms with Crippen molar-refractivity contribution in [2.75, 3.05) is 0 Å². The molecule has 9 heteroatoms. The standard InChI is InChI=1S/C21H20N2O7/c24-21(29-18-11-8-16(9-12-18)22(25)26)30-20-13-10-17(23(27)28)14-19(20)15-6-4-2-1-3-5-7-15/h6,8-14H,1-5,7H2/b15-6+. The van der Waals surface area contributed by atoms with Gasteiger partial charge >= 0.3 is 6.16 Å². The third kappa shape index (κ3) is 5.40. The van der Waals surface area contributed by atoms with Crippen LogP contribution in [0.4, 0.5) is 16.2 Å². The van der Waals surface area contributed by atoms with Crippen LogP contribution in [0, 0.1) is 20.2 Å². The van der Waals surface area contributed by atoms with Crippen molar-refractivity contribution >= 4 is 23.1 Å². The Morgan fingerprint density at radius 3 is 2.20 bits per heavy atom. The predicted octanol–water partition coefficient (Wildman–Crippen LogP) is 5.82. The van der Waals surface area contributed by atoms with Gasteiger partial charge in [0, 0.05) is 29.8 Å². The van der Waals surface area contributed by atoms with Crippen LogP contribution in [0.2, 0.25) is 0 Å². The summed E-state index contributed by atoms with van der Waals surface area (Å²) in [5.74, 6) is 0.249. The Labute approximate surface area is 172 Å². The van der Waals surface area contributed by atoms with Crippen LogP contribution in [0.15, 0.2) is 48.5 Å². The maximum atomic E-state index is 12.2. The zero-order chi connectivity index (χ0) is 21.5. The van der Waals surface area contributed by atoms with E-state index >= 15 is 0 Å². The molecule has 0 N–H and O–H groups in total. The summed E-state index contributed by atoms with van der Waals surface area (Å²) in [6.07, 6.45) is 6.78. The summed E-state index contributed by atoms with van der Waals surface area (Å²) in [6, 6.07) is 9.03. The molecule has 156 valence electrons. The maximum Gasteiger partial charge on any atom is 0.519 e. The van der Waals surface area contributed by atoms with Gasteiger partial charge in [-0.2, -0.15) is 0 Å². The zero-order valence-corrected chi connectivity index (χ0v) is 16.1. The molecule has 3 rings (SSSR count). The second-order valence-electron chi connectivity index (χ2n) is 6.82. The van der Waals surface area contributed by atoms with E-state index in [9.17, 15) is 25.0 Å². The summed E-state index contributed by atoms with van der Waals surface area (Å²) in [5.41, 5.74) is 1.16. The van der Waals surface area contributed by atoms with Crippen molar-refractivity contribution < 1.29 is 24.1 Å². The van der Waals surface area contributed by atoms with Gasteiger partial charge < -0.3 is 9.47 Å². The number of carbonyl (C=O) groups is 1. The minimum absolute atomic E-state index is 0.0826. The van der Waals surface area contributed by atoms with Gasteiger partial charge in [0.2, 0.25) is 0 Å². The van der Waals surface area contributed by atoms with E-state index in [-0.39, 0.29) is 22.9 Å². The second kappa shape index (κ2) is 9.64. The number of benzene rings is 2. The van der Waals surface area contributed by atoms with Gasteiger partial charge in [-0.1, -0.05) is 18.9 Å². The topological polar surface area (TPSA) is 122 Å². The summed E-state index contributed by atoms with van der Waals surface area (Å²) in [6.45, 7) is 0. The first-order valence-corrected chi connectivity index (χ1v) is 9.56. The van der Waals surface area contributed by atoms with Gasteiger partial charge in [0.1, 0.15) is 11.5 Å². The van der Waals surface area contributed by atoms with Crippen LogP contribution in [0.3, 0.4) is 0 Å². The number of hydrogen-bond donors (Lipinski definition) is 0. The maximum absolute atomic E-state index is 12.2. The van der Waals surface area contributed by atoms with Crippen molar-refractivity contribution in [3.63, 3.8) is 0 Å². The Morgan fingerprint density at radius 1 is 0.833 bits per heavy atom. The smallest absolute Gasteiger partial charge is 0.395 e. The summed E-state index contributed by atoms with van der Waals surface area (Å²) >= 11 is 0. The van der Waals surface area contributed by atoms with Crippen molar-refractivity contribution in [3.05, 3.63) is 74.3 Å². The van der Waals surface area contributed by atoms with Crippen LogP contribution in [0.25, 0.3) is 5.57 Å². The molecule has 0 heterocycles. The molecule has 9 nitrogen and oxygen atoms in total. The van der Waals surface area contributed by atoms with Crippen LogP contribution in [0.5, 0.6) is 11.5 Å². The highest BCUT2D eigenvalue weighted by atomic mass is 16.7. The van der Waals surface area contributed by atoms with Gasteiger partial charge in [-0.15, -0.1) is 0 Å². The molecule has 0 aliphatic heterocycles. The Kier molecular flexibility index (Phi) is 6.74. The molecule has 0 radical (unpaired) electrons. The van der Waals surface area contributed by atoms with Gasteiger partial charge in [-0.25, -0.2) is 4.79 Å². The molecule has 0 saturated carbocycles. The quantitative estimate of drug-likeness (QED) is 0.262. The second-order valence-corrected chi connectivity index (χ2v) is 6.82. The highest BCUT2D eigenvalue weighted by Gasteiger charge is 2.19. The summed E-state index contributed by atoms with van der Waals surface area (Å²) in [5, 5.41) is 21.9. The Morgan fingerprint density at radius 2 is 1.50 bits per heavy atom. The van der Waals surface area contributed by atoms with E-state index in [0.717, 1.165) is 44.1 Å².